The maximum absolute atomic E-state index is 12.0. The molecule has 0 bridgehead atoms. The van der Waals surface area contributed by atoms with Crippen molar-refractivity contribution in [1.82, 2.24) is 4.98 Å². The highest BCUT2D eigenvalue weighted by Crippen LogP contribution is 2.20. The third kappa shape index (κ3) is 1.40. The molecule has 72 valence electrons. The summed E-state index contributed by atoms with van der Waals surface area (Å²) in [6, 6.07) is 3.76. The van der Waals surface area contributed by atoms with Crippen LogP contribution in [0.15, 0.2) is 23.7 Å². The van der Waals surface area contributed by atoms with Gasteiger partial charge in [-0.05, 0) is 30.9 Å². The van der Waals surface area contributed by atoms with Gasteiger partial charge in [0.1, 0.15) is 0 Å². The van der Waals surface area contributed by atoms with Gasteiger partial charge in [-0.25, -0.2) is 0 Å². The van der Waals surface area contributed by atoms with Gasteiger partial charge in [0.05, 0.1) is 4.88 Å². The molecule has 0 aliphatic carbocycles. The van der Waals surface area contributed by atoms with Crippen molar-refractivity contribution in [3.63, 3.8) is 0 Å². The number of ketones is 1. The quantitative estimate of drug-likeness (QED) is 0.751. The first-order chi connectivity index (χ1) is 6.70. The van der Waals surface area contributed by atoms with Crippen LogP contribution in [0.3, 0.4) is 0 Å². The van der Waals surface area contributed by atoms with Crippen molar-refractivity contribution < 1.29 is 4.79 Å². The van der Waals surface area contributed by atoms with Crippen LogP contribution in [0.4, 0.5) is 0 Å². The molecule has 3 heteroatoms. The zero-order valence-corrected chi connectivity index (χ0v) is 8.94. The maximum atomic E-state index is 12.0. The van der Waals surface area contributed by atoms with Crippen molar-refractivity contribution in [2.45, 2.75) is 13.8 Å². The Bertz CT molecular complexity index is 434. The molecule has 14 heavy (non-hydrogen) atoms. The largest absolute Gasteiger partial charge is 0.364 e. The zero-order chi connectivity index (χ0) is 10.1. The van der Waals surface area contributed by atoms with Crippen LogP contribution >= 0.6 is 11.3 Å². The van der Waals surface area contributed by atoms with Crippen LogP contribution in [0.25, 0.3) is 0 Å². The number of thiophene rings is 1. The second-order valence-corrected chi connectivity index (χ2v) is 4.23. The Labute approximate surface area is 86.6 Å². The lowest BCUT2D eigenvalue weighted by atomic mass is 10.1. The fraction of sp³-hybridized carbons (Fsp3) is 0.182. The summed E-state index contributed by atoms with van der Waals surface area (Å²) in [4.78, 5) is 15.9. The predicted octanol–water partition coefficient (Wildman–Crippen LogP) is 2.92. The molecule has 0 radical (unpaired) electrons. The number of hydrogen-bond donors (Lipinski definition) is 1. The highest BCUT2D eigenvalue weighted by Gasteiger charge is 2.15. The molecule has 2 nitrogen and oxygen atoms in total. The minimum absolute atomic E-state index is 0.122. The fourth-order valence-corrected chi connectivity index (χ4v) is 2.21. The molecule has 0 fully saturated rings. The maximum Gasteiger partial charge on any atom is 0.204 e. The summed E-state index contributed by atoms with van der Waals surface area (Å²) < 4.78 is 0. The van der Waals surface area contributed by atoms with E-state index in [2.05, 4.69) is 4.98 Å². The number of aromatic amines is 1. The monoisotopic (exact) mass is 205 g/mol. The van der Waals surface area contributed by atoms with Gasteiger partial charge < -0.3 is 4.98 Å². The zero-order valence-electron chi connectivity index (χ0n) is 8.13. The number of nitrogens with one attached hydrogen (secondary N) is 1. The summed E-state index contributed by atoms with van der Waals surface area (Å²) in [6.07, 6.45) is 1.87. The van der Waals surface area contributed by atoms with Crippen molar-refractivity contribution in [1.29, 1.82) is 0 Å². The van der Waals surface area contributed by atoms with E-state index in [0.717, 1.165) is 21.7 Å². The number of aromatic nitrogens is 1. The lowest BCUT2D eigenvalue weighted by Crippen LogP contribution is -2.00. The summed E-state index contributed by atoms with van der Waals surface area (Å²) in [7, 11) is 0. The molecule has 2 heterocycles. The molecular weight excluding hydrogens is 194 g/mol. The van der Waals surface area contributed by atoms with Gasteiger partial charge in [0, 0.05) is 17.5 Å². The molecule has 0 aliphatic heterocycles. The number of rotatable bonds is 2. The number of aryl methyl sites for hydroxylation is 2. The van der Waals surface area contributed by atoms with Gasteiger partial charge in [0.25, 0.3) is 0 Å². The van der Waals surface area contributed by atoms with E-state index in [1.165, 1.54) is 11.3 Å². The average Bonchev–Trinajstić information content (AvgIpc) is 2.75. The summed E-state index contributed by atoms with van der Waals surface area (Å²) in [5.41, 5.74) is 2.77. The summed E-state index contributed by atoms with van der Waals surface area (Å²) in [5.74, 6) is 0.122. The topological polar surface area (TPSA) is 32.9 Å². The van der Waals surface area contributed by atoms with E-state index < -0.39 is 0 Å². The Morgan fingerprint density at radius 3 is 2.71 bits per heavy atom. The van der Waals surface area contributed by atoms with E-state index in [-0.39, 0.29) is 5.78 Å². The molecule has 2 aromatic heterocycles. The number of H-pyrrole nitrogens is 1. The first kappa shape index (κ1) is 9.21. The summed E-state index contributed by atoms with van der Waals surface area (Å²) in [5, 5.41) is 1.92. The van der Waals surface area contributed by atoms with Crippen molar-refractivity contribution in [2.75, 3.05) is 0 Å². The Kier molecular flexibility index (Phi) is 2.25. The van der Waals surface area contributed by atoms with Crippen molar-refractivity contribution in [2.24, 2.45) is 0 Å². The summed E-state index contributed by atoms with van der Waals surface area (Å²) >= 11 is 1.48. The minimum atomic E-state index is 0.122. The predicted molar refractivity (Wildman–Crippen MR) is 58.0 cm³/mol. The fourth-order valence-electron chi connectivity index (χ4n) is 1.54. The lowest BCUT2D eigenvalue weighted by molar-refractivity contribution is 0.104. The van der Waals surface area contributed by atoms with E-state index in [1.54, 1.807) is 0 Å². The first-order valence-electron chi connectivity index (χ1n) is 4.43. The molecule has 2 aromatic rings. The minimum Gasteiger partial charge on any atom is -0.364 e. The van der Waals surface area contributed by atoms with Gasteiger partial charge in [-0.3, -0.25) is 4.79 Å². The number of carbonyl (C=O) groups is 1. The van der Waals surface area contributed by atoms with E-state index in [9.17, 15) is 4.79 Å². The Balaban J connectivity index is 2.46. The third-order valence-corrected chi connectivity index (χ3v) is 3.12. The van der Waals surface area contributed by atoms with Gasteiger partial charge in [0.2, 0.25) is 5.78 Å². The lowest BCUT2D eigenvalue weighted by Gasteiger charge is -1.98. The molecular formula is C11H11NOS. The Hall–Kier alpha value is -1.35. The van der Waals surface area contributed by atoms with Crippen LogP contribution < -0.4 is 0 Å². The van der Waals surface area contributed by atoms with E-state index in [0.29, 0.717) is 0 Å². The van der Waals surface area contributed by atoms with Crippen LogP contribution in [-0.4, -0.2) is 10.8 Å². The van der Waals surface area contributed by atoms with Gasteiger partial charge in [0.15, 0.2) is 0 Å². The average molecular weight is 205 g/mol. The molecule has 2 rings (SSSR count). The standard InChI is InChI=1S/C11H11NOS/c1-7-6-12-8(2)10(7)11(13)9-4-3-5-14-9/h3-6,12H,1-2H3. The van der Waals surface area contributed by atoms with Gasteiger partial charge >= 0.3 is 0 Å². The highest BCUT2D eigenvalue weighted by atomic mass is 32.1. The molecule has 0 saturated heterocycles. The van der Waals surface area contributed by atoms with Crippen molar-refractivity contribution in [3.05, 3.63) is 45.4 Å². The van der Waals surface area contributed by atoms with Gasteiger partial charge in [-0.15, -0.1) is 11.3 Å². The Morgan fingerprint density at radius 1 is 1.43 bits per heavy atom. The molecule has 0 saturated carbocycles. The highest BCUT2D eigenvalue weighted by molar-refractivity contribution is 7.12. The molecule has 0 atom stereocenters. The van der Waals surface area contributed by atoms with Gasteiger partial charge in [-0.2, -0.15) is 0 Å². The second kappa shape index (κ2) is 3.42. The van der Waals surface area contributed by atoms with E-state index >= 15 is 0 Å². The number of carbonyl (C=O) groups excluding carboxylic acids is 1. The number of hydrogen-bond acceptors (Lipinski definition) is 2. The first-order valence-corrected chi connectivity index (χ1v) is 5.31. The molecule has 0 unspecified atom stereocenters. The molecule has 0 amide bonds. The van der Waals surface area contributed by atoms with Crippen LogP contribution in [0.5, 0.6) is 0 Å². The van der Waals surface area contributed by atoms with E-state index in [4.69, 9.17) is 0 Å². The normalized spacial score (nSPS) is 10.4. The summed E-state index contributed by atoms with van der Waals surface area (Å²) in [6.45, 7) is 3.87. The second-order valence-electron chi connectivity index (χ2n) is 3.28. The van der Waals surface area contributed by atoms with Crippen LogP contribution in [0, 0.1) is 13.8 Å². The molecule has 0 aromatic carbocycles. The van der Waals surface area contributed by atoms with Gasteiger partial charge in [-0.1, -0.05) is 6.07 Å². The molecule has 0 spiro atoms. The van der Waals surface area contributed by atoms with Crippen LogP contribution in [0.1, 0.15) is 26.5 Å². The van der Waals surface area contributed by atoms with Crippen molar-refractivity contribution in [3.8, 4) is 0 Å². The SMILES string of the molecule is Cc1c[nH]c(C)c1C(=O)c1cccs1. The van der Waals surface area contributed by atoms with Crippen LogP contribution in [-0.2, 0) is 0 Å². The van der Waals surface area contributed by atoms with Crippen molar-refractivity contribution >= 4 is 17.1 Å². The smallest absolute Gasteiger partial charge is 0.204 e. The van der Waals surface area contributed by atoms with E-state index in [1.807, 2.05) is 37.6 Å². The molecule has 0 aliphatic rings. The molecule has 1 N–H and O–H groups in total. The third-order valence-electron chi connectivity index (χ3n) is 2.25. The van der Waals surface area contributed by atoms with Crippen LogP contribution in [0.2, 0.25) is 0 Å². The Morgan fingerprint density at radius 2 is 2.21 bits per heavy atom.